The van der Waals surface area contributed by atoms with Crippen molar-refractivity contribution in [2.75, 3.05) is 0 Å². The Hall–Kier alpha value is -3.53. The van der Waals surface area contributed by atoms with Crippen LogP contribution in [0.15, 0.2) is 56.3 Å². The molecule has 0 radical (unpaired) electrons. The second-order valence-corrected chi connectivity index (χ2v) is 7.79. The van der Waals surface area contributed by atoms with Crippen LogP contribution in [0, 0.1) is 25.5 Å². The number of rotatable bonds is 5. The second kappa shape index (κ2) is 8.54. The smallest absolute Gasteiger partial charge is 0.309 e. The van der Waals surface area contributed by atoms with Crippen molar-refractivity contribution < 1.29 is 23.1 Å². The van der Waals surface area contributed by atoms with Crippen LogP contribution < -0.4 is 10.3 Å². The van der Waals surface area contributed by atoms with E-state index in [2.05, 4.69) is 26.1 Å². The molecule has 7 nitrogen and oxygen atoms in total. The van der Waals surface area contributed by atoms with Gasteiger partial charge < -0.3 is 14.4 Å². The van der Waals surface area contributed by atoms with Gasteiger partial charge in [-0.1, -0.05) is 17.3 Å². The van der Waals surface area contributed by atoms with Crippen LogP contribution in [0.1, 0.15) is 17.0 Å². The van der Waals surface area contributed by atoms with Gasteiger partial charge in [-0.25, -0.2) is 8.78 Å². The van der Waals surface area contributed by atoms with E-state index in [1.54, 1.807) is 25.1 Å². The third-order valence-electron chi connectivity index (χ3n) is 4.79. The Bertz CT molecular complexity index is 1380. The van der Waals surface area contributed by atoms with Gasteiger partial charge in [-0.05, 0) is 53.5 Å². The van der Waals surface area contributed by atoms with Gasteiger partial charge in [0, 0.05) is 17.2 Å². The van der Waals surface area contributed by atoms with Gasteiger partial charge in [-0.15, -0.1) is 0 Å². The van der Waals surface area contributed by atoms with Crippen LogP contribution in [0.4, 0.5) is 8.78 Å². The number of aryl methyl sites for hydroxylation is 2. The molecule has 10 heteroatoms. The summed E-state index contributed by atoms with van der Waals surface area (Å²) in [5.41, 5.74) is 2.07. The largest absolute Gasteiger partial charge is 0.479 e. The molecular weight excluding hydrogens is 488 g/mol. The molecule has 4 aromatic rings. The van der Waals surface area contributed by atoms with Gasteiger partial charge in [0.25, 0.3) is 5.56 Å². The van der Waals surface area contributed by atoms with E-state index in [4.69, 9.17) is 9.26 Å². The number of aromatic hydroxyl groups is 1. The highest BCUT2D eigenvalue weighted by Gasteiger charge is 2.18. The lowest BCUT2D eigenvalue weighted by molar-refractivity contribution is 0.278. The van der Waals surface area contributed by atoms with Crippen LogP contribution in [0.3, 0.4) is 0 Å². The topological polar surface area (TPSA) is 90.4 Å². The van der Waals surface area contributed by atoms with E-state index >= 15 is 0 Å². The molecule has 4 rings (SSSR count). The summed E-state index contributed by atoms with van der Waals surface area (Å²) >= 11 is 3.22. The molecule has 32 heavy (non-hydrogen) atoms. The van der Waals surface area contributed by atoms with Crippen molar-refractivity contribution in [3.8, 4) is 28.8 Å². The Balaban J connectivity index is 1.71. The molecule has 2 heterocycles. The number of nitrogens with zero attached hydrogens (tertiary/aromatic N) is 3. The number of benzene rings is 2. The first kappa shape index (κ1) is 21.7. The Morgan fingerprint density at radius 1 is 1.16 bits per heavy atom. The maximum absolute atomic E-state index is 13.9. The fraction of sp³-hybridized carbons (Fsp3) is 0.136. The fourth-order valence-electron chi connectivity index (χ4n) is 3.16. The van der Waals surface area contributed by atoms with E-state index in [0.29, 0.717) is 22.8 Å². The van der Waals surface area contributed by atoms with Crippen molar-refractivity contribution >= 4 is 15.9 Å². The van der Waals surface area contributed by atoms with Crippen molar-refractivity contribution in [1.29, 1.82) is 0 Å². The lowest BCUT2D eigenvalue weighted by atomic mass is 10.1. The molecule has 0 spiro atoms. The molecule has 0 fully saturated rings. The Morgan fingerprint density at radius 2 is 1.94 bits per heavy atom. The van der Waals surface area contributed by atoms with Gasteiger partial charge >= 0.3 is 5.95 Å². The third-order valence-corrected chi connectivity index (χ3v) is 5.47. The van der Waals surface area contributed by atoms with Crippen LogP contribution in [0.25, 0.3) is 16.9 Å². The summed E-state index contributed by atoms with van der Waals surface area (Å²) in [7, 11) is 0. The number of hydrogen-bond acceptors (Lipinski definition) is 6. The number of halogens is 3. The zero-order chi connectivity index (χ0) is 23.0. The summed E-state index contributed by atoms with van der Waals surface area (Å²) < 4.78 is 38.7. The van der Waals surface area contributed by atoms with Gasteiger partial charge in [0.05, 0.1) is 11.8 Å². The van der Waals surface area contributed by atoms with Crippen molar-refractivity contribution in [2.24, 2.45) is 0 Å². The molecule has 2 aromatic carbocycles. The van der Waals surface area contributed by atoms with E-state index in [9.17, 15) is 18.7 Å². The van der Waals surface area contributed by atoms with Gasteiger partial charge in [0.15, 0.2) is 0 Å². The summed E-state index contributed by atoms with van der Waals surface area (Å²) in [6, 6.07) is 9.83. The summed E-state index contributed by atoms with van der Waals surface area (Å²) in [5.74, 6) is -1.45. The predicted octanol–water partition coefficient (Wildman–Crippen LogP) is 4.83. The minimum absolute atomic E-state index is 0.0114. The number of ether oxygens (including phenoxy) is 1. The Morgan fingerprint density at radius 3 is 2.62 bits per heavy atom. The number of aromatic nitrogens is 3. The van der Waals surface area contributed by atoms with E-state index in [-0.39, 0.29) is 28.5 Å². The molecular formula is C22H16BrF2N3O4. The molecule has 0 bridgehead atoms. The maximum atomic E-state index is 13.9. The molecule has 0 aliphatic rings. The van der Waals surface area contributed by atoms with Crippen molar-refractivity contribution in [3.63, 3.8) is 0 Å². The molecule has 0 aliphatic heterocycles. The Kier molecular flexibility index (Phi) is 5.79. The maximum Gasteiger partial charge on any atom is 0.309 e. The van der Waals surface area contributed by atoms with Crippen LogP contribution in [-0.4, -0.2) is 19.8 Å². The summed E-state index contributed by atoms with van der Waals surface area (Å²) in [6.07, 6.45) is 0. The van der Waals surface area contributed by atoms with E-state index in [0.717, 1.165) is 17.7 Å². The highest BCUT2D eigenvalue weighted by Crippen LogP contribution is 2.28. The lowest BCUT2D eigenvalue weighted by Crippen LogP contribution is -2.24. The Labute approximate surface area is 189 Å². The summed E-state index contributed by atoms with van der Waals surface area (Å²) in [6.45, 7) is 3.23. The van der Waals surface area contributed by atoms with Gasteiger partial charge in [-0.3, -0.25) is 9.36 Å². The quantitative estimate of drug-likeness (QED) is 0.419. The van der Waals surface area contributed by atoms with Crippen LogP contribution in [0.5, 0.6) is 11.8 Å². The van der Waals surface area contributed by atoms with Crippen LogP contribution >= 0.6 is 15.9 Å². The van der Waals surface area contributed by atoms with Crippen LogP contribution in [-0.2, 0) is 6.61 Å². The zero-order valence-corrected chi connectivity index (χ0v) is 18.5. The molecule has 1 N–H and O–H groups in total. The average Bonchev–Trinajstić information content (AvgIpc) is 3.18. The highest BCUT2D eigenvalue weighted by atomic mass is 79.9. The zero-order valence-electron chi connectivity index (χ0n) is 16.9. The van der Waals surface area contributed by atoms with Crippen molar-refractivity contribution in [3.05, 3.63) is 85.9 Å². The number of hydrogen-bond donors (Lipinski definition) is 1. The second-order valence-electron chi connectivity index (χ2n) is 6.99. The van der Waals surface area contributed by atoms with Gasteiger partial charge in [0.1, 0.15) is 34.2 Å². The van der Waals surface area contributed by atoms with Gasteiger partial charge in [-0.2, -0.15) is 4.98 Å². The minimum atomic E-state index is -0.752. The molecule has 164 valence electrons. The molecule has 0 amide bonds. The first-order valence-corrected chi connectivity index (χ1v) is 10.2. The monoisotopic (exact) mass is 503 g/mol. The van der Waals surface area contributed by atoms with E-state index in [1.165, 1.54) is 16.7 Å². The van der Waals surface area contributed by atoms with Crippen LogP contribution in [0.2, 0.25) is 0 Å². The molecule has 0 saturated heterocycles. The minimum Gasteiger partial charge on any atom is -0.479 e. The average molecular weight is 504 g/mol. The molecule has 0 aliphatic carbocycles. The third kappa shape index (κ3) is 4.13. The SMILES string of the molecule is Cc1ccc(-c2cc(O)on2)cc1-n1c(C)nc(OCc2ccc(F)cc2F)c(Br)c1=O. The molecule has 0 saturated carbocycles. The molecule has 0 atom stereocenters. The van der Waals surface area contributed by atoms with Crippen molar-refractivity contribution in [1.82, 2.24) is 14.7 Å². The van der Waals surface area contributed by atoms with E-state index < -0.39 is 17.2 Å². The lowest BCUT2D eigenvalue weighted by Gasteiger charge is -2.16. The van der Waals surface area contributed by atoms with Crippen molar-refractivity contribution in [2.45, 2.75) is 20.5 Å². The molecule has 2 aromatic heterocycles. The highest BCUT2D eigenvalue weighted by molar-refractivity contribution is 9.10. The summed E-state index contributed by atoms with van der Waals surface area (Å²) in [5, 5.41) is 13.2. The fourth-order valence-corrected chi connectivity index (χ4v) is 3.54. The standard InChI is InChI=1S/C22H16BrF2N3O4/c1-11-3-4-13(17-9-19(29)32-27-17)7-18(11)28-12(2)26-21(20(23)22(28)30)31-10-14-5-6-15(24)8-16(14)25/h3-9,29H,10H2,1-2H3. The normalized spacial score (nSPS) is 11.0. The molecule has 0 unspecified atom stereocenters. The predicted molar refractivity (Wildman–Crippen MR) is 115 cm³/mol. The van der Waals surface area contributed by atoms with Gasteiger partial charge in [0.2, 0.25) is 5.88 Å². The van der Waals surface area contributed by atoms with E-state index in [1.807, 2.05) is 6.92 Å². The summed E-state index contributed by atoms with van der Waals surface area (Å²) in [4.78, 5) is 17.5. The first-order chi connectivity index (χ1) is 15.2. The first-order valence-electron chi connectivity index (χ1n) is 9.37.